The Morgan fingerprint density at radius 3 is 2.48 bits per heavy atom. The molecule has 6 nitrogen and oxygen atoms in total. The number of aliphatic hydroxyl groups is 1. The molecule has 3 atom stereocenters. The van der Waals surface area contributed by atoms with Gasteiger partial charge in [-0.05, 0) is 101 Å². The Morgan fingerprint density at radius 2 is 1.74 bits per heavy atom. The highest BCUT2D eigenvalue weighted by atomic mass is 16.5. The molecule has 0 amide bonds. The van der Waals surface area contributed by atoms with Gasteiger partial charge in [0, 0.05) is 16.9 Å². The summed E-state index contributed by atoms with van der Waals surface area (Å²) in [5, 5.41) is 22.5. The normalized spacial score (nSPS) is 17.1. The van der Waals surface area contributed by atoms with E-state index < -0.39 is 12.0 Å². The average Bonchev–Trinajstić information content (AvgIpc) is 3.41. The summed E-state index contributed by atoms with van der Waals surface area (Å²) in [6.07, 6.45) is 5.02. The first-order valence-electron chi connectivity index (χ1n) is 14.8. The average molecular weight is 565 g/mol. The largest absolute Gasteiger partial charge is 0.489 e. The molecule has 5 rings (SSSR count). The SMILES string of the molecule is CC1CCC(Cc2ccc(Nc3cc(COc4ccccc4CC(=O)O)cc(-c4cccc([C@H](N)CO)c4)c3)cc2)C1. The Labute approximate surface area is 248 Å². The molecule has 0 aliphatic heterocycles. The van der Waals surface area contributed by atoms with Gasteiger partial charge in [-0.15, -0.1) is 0 Å². The Balaban J connectivity index is 1.40. The monoisotopic (exact) mass is 564 g/mol. The third-order valence-corrected chi connectivity index (χ3v) is 8.12. The second-order valence-electron chi connectivity index (χ2n) is 11.6. The topological polar surface area (TPSA) is 105 Å². The number of hydrogen-bond acceptors (Lipinski definition) is 5. The molecule has 0 spiro atoms. The van der Waals surface area contributed by atoms with E-state index in [9.17, 15) is 15.0 Å². The number of nitrogens with two attached hydrogens (primary N) is 1. The van der Waals surface area contributed by atoms with E-state index in [0.717, 1.165) is 51.9 Å². The molecule has 1 aliphatic rings. The number of nitrogens with one attached hydrogen (secondary N) is 1. The number of benzene rings is 4. The molecule has 4 aromatic carbocycles. The number of carboxylic acid groups (broad SMARTS) is 1. The molecule has 4 aromatic rings. The number of hydrogen-bond donors (Lipinski definition) is 4. The number of carbonyl (C=O) groups is 1. The number of carboxylic acids is 1. The van der Waals surface area contributed by atoms with Gasteiger partial charge in [0.15, 0.2) is 0 Å². The van der Waals surface area contributed by atoms with E-state index in [1.165, 1.54) is 24.8 Å². The summed E-state index contributed by atoms with van der Waals surface area (Å²) >= 11 is 0. The summed E-state index contributed by atoms with van der Waals surface area (Å²) in [5.41, 5.74) is 13.8. The van der Waals surface area contributed by atoms with Gasteiger partial charge in [-0.25, -0.2) is 0 Å². The molecule has 0 heterocycles. The van der Waals surface area contributed by atoms with Crippen LogP contribution in [0, 0.1) is 11.8 Å². The summed E-state index contributed by atoms with van der Waals surface area (Å²) in [5.74, 6) is 1.29. The number of para-hydroxylation sites is 1. The highest BCUT2D eigenvalue weighted by Crippen LogP contribution is 2.33. The summed E-state index contributed by atoms with van der Waals surface area (Å²) in [4.78, 5) is 11.3. The fourth-order valence-electron chi connectivity index (χ4n) is 5.92. The van der Waals surface area contributed by atoms with E-state index >= 15 is 0 Å². The molecule has 0 saturated heterocycles. The van der Waals surface area contributed by atoms with Gasteiger partial charge in [-0.2, -0.15) is 0 Å². The number of anilines is 2. The van der Waals surface area contributed by atoms with Gasteiger partial charge in [-0.3, -0.25) is 4.79 Å². The summed E-state index contributed by atoms with van der Waals surface area (Å²) in [7, 11) is 0. The molecular weight excluding hydrogens is 524 g/mol. The molecule has 0 aromatic heterocycles. The van der Waals surface area contributed by atoms with Crippen LogP contribution in [0.3, 0.4) is 0 Å². The Morgan fingerprint density at radius 1 is 0.929 bits per heavy atom. The van der Waals surface area contributed by atoms with Crippen LogP contribution >= 0.6 is 0 Å². The Hall–Kier alpha value is -4.13. The molecule has 6 heteroatoms. The van der Waals surface area contributed by atoms with Crippen molar-refractivity contribution in [1.29, 1.82) is 0 Å². The predicted octanol–water partition coefficient (Wildman–Crippen LogP) is 7.27. The summed E-state index contributed by atoms with van der Waals surface area (Å²) in [6.45, 7) is 2.50. The van der Waals surface area contributed by atoms with Crippen LogP contribution < -0.4 is 15.8 Å². The lowest BCUT2D eigenvalue weighted by atomic mass is 9.97. The lowest BCUT2D eigenvalue weighted by Gasteiger charge is -2.16. The molecule has 2 unspecified atom stereocenters. The maximum atomic E-state index is 11.3. The van der Waals surface area contributed by atoms with E-state index in [-0.39, 0.29) is 19.6 Å². The predicted molar refractivity (Wildman–Crippen MR) is 168 cm³/mol. The number of rotatable bonds is 12. The second kappa shape index (κ2) is 13.7. The van der Waals surface area contributed by atoms with Crippen LogP contribution in [0.15, 0.2) is 91.0 Å². The molecule has 218 valence electrons. The van der Waals surface area contributed by atoms with Gasteiger partial charge in [0.05, 0.1) is 19.1 Å². The van der Waals surface area contributed by atoms with E-state index in [2.05, 4.69) is 54.7 Å². The van der Waals surface area contributed by atoms with Crippen molar-refractivity contribution in [3.05, 3.63) is 113 Å². The minimum Gasteiger partial charge on any atom is -0.489 e. The highest BCUT2D eigenvalue weighted by molar-refractivity contribution is 5.73. The fourth-order valence-corrected chi connectivity index (χ4v) is 5.92. The van der Waals surface area contributed by atoms with Gasteiger partial charge >= 0.3 is 5.97 Å². The first-order valence-corrected chi connectivity index (χ1v) is 14.8. The zero-order chi connectivity index (χ0) is 29.5. The molecule has 1 aliphatic carbocycles. The number of ether oxygens (including phenoxy) is 1. The minimum atomic E-state index is -0.899. The highest BCUT2D eigenvalue weighted by Gasteiger charge is 2.21. The Bertz CT molecular complexity index is 1500. The lowest BCUT2D eigenvalue weighted by Crippen LogP contribution is -2.14. The van der Waals surface area contributed by atoms with Gasteiger partial charge in [0.25, 0.3) is 0 Å². The third kappa shape index (κ3) is 7.78. The van der Waals surface area contributed by atoms with E-state index in [1.807, 2.05) is 36.4 Å². The van der Waals surface area contributed by atoms with Crippen molar-refractivity contribution >= 4 is 17.3 Å². The number of aliphatic carboxylic acids is 1. The molecule has 0 radical (unpaired) electrons. The van der Waals surface area contributed by atoms with Crippen LogP contribution in [-0.2, 0) is 24.2 Å². The maximum Gasteiger partial charge on any atom is 0.307 e. The van der Waals surface area contributed by atoms with Crippen molar-refractivity contribution in [2.75, 3.05) is 11.9 Å². The van der Waals surface area contributed by atoms with Gasteiger partial charge in [0.2, 0.25) is 0 Å². The van der Waals surface area contributed by atoms with Crippen molar-refractivity contribution in [3.63, 3.8) is 0 Å². The zero-order valence-electron chi connectivity index (χ0n) is 24.1. The molecule has 0 bridgehead atoms. The quantitative estimate of drug-likeness (QED) is 0.144. The number of aliphatic hydroxyl groups excluding tert-OH is 1. The van der Waals surface area contributed by atoms with Crippen molar-refractivity contribution in [2.24, 2.45) is 17.6 Å². The fraction of sp³-hybridized carbons (Fsp3) is 0.306. The molecule has 42 heavy (non-hydrogen) atoms. The lowest BCUT2D eigenvalue weighted by molar-refractivity contribution is -0.136. The third-order valence-electron chi connectivity index (χ3n) is 8.12. The van der Waals surface area contributed by atoms with E-state index in [0.29, 0.717) is 11.3 Å². The first-order chi connectivity index (χ1) is 20.4. The van der Waals surface area contributed by atoms with E-state index in [1.54, 1.807) is 12.1 Å². The molecule has 5 N–H and O–H groups in total. The van der Waals surface area contributed by atoms with Crippen molar-refractivity contribution in [1.82, 2.24) is 0 Å². The van der Waals surface area contributed by atoms with Crippen LogP contribution in [0.5, 0.6) is 5.75 Å². The maximum absolute atomic E-state index is 11.3. The summed E-state index contributed by atoms with van der Waals surface area (Å²) < 4.78 is 6.14. The van der Waals surface area contributed by atoms with Crippen molar-refractivity contribution in [3.8, 4) is 16.9 Å². The molecule has 1 fully saturated rings. The van der Waals surface area contributed by atoms with Crippen molar-refractivity contribution in [2.45, 2.75) is 51.7 Å². The Kier molecular flexibility index (Phi) is 9.57. The first kappa shape index (κ1) is 29.4. The minimum absolute atomic E-state index is 0.101. The van der Waals surface area contributed by atoms with Gasteiger partial charge < -0.3 is 26.0 Å². The van der Waals surface area contributed by atoms with Crippen LogP contribution in [0.2, 0.25) is 0 Å². The second-order valence-corrected chi connectivity index (χ2v) is 11.6. The van der Waals surface area contributed by atoms with Gasteiger partial charge in [-0.1, -0.05) is 61.9 Å². The van der Waals surface area contributed by atoms with E-state index in [4.69, 9.17) is 10.5 Å². The van der Waals surface area contributed by atoms with Crippen LogP contribution in [0.1, 0.15) is 54.5 Å². The molecular formula is C36H40N2O4. The van der Waals surface area contributed by atoms with Crippen LogP contribution in [0.4, 0.5) is 11.4 Å². The zero-order valence-corrected chi connectivity index (χ0v) is 24.1. The smallest absolute Gasteiger partial charge is 0.307 e. The van der Waals surface area contributed by atoms with Gasteiger partial charge in [0.1, 0.15) is 12.4 Å². The van der Waals surface area contributed by atoms with Crippen LogP contribution in [0.25, 0.3) is 11.1 Å². The van der Waals surface area contributed by atoms with Crippen molar-refractivity contribution < 1.29 is 19.7 Å². The summed E-state index contributed by atoms with van der Waals surface area (Å²) in [6, 6.07) is 29.6. The standard InChI is InChI=1S/C36H40N2O4/c1-24-9-10-26(15-24)16-25-11-13-32(14-12-25)38-33-18-27(23-42-35-8-3-2-5-30(35)21-36(40)41)17-31(20-33)28-6-4-7-29(19-28)34(37)22-39/h2-8,11-14,17-20,24,26,34,38-39H,9-10,15-16,21-23,37H2,1H3,(H,40,41)/t24?,26?,34-/m1/s1. The van der Waals surface area contributed by atoms with Crippen LogP contribution in [-0.4, -0.2) is 22.8 Å². The molecule has 1 saturated carbocycles.